The number of hydrogen-bond acceptors (Lipinski definition) is 4. The van der Waals surface area contributed by atoms with Gasteiger partial charge < -0.3 is 19.7 Å². The largest absolute Gasteiger partial charge is 0.491 e. The monoisotopic (exact) mass is 367 g/mol. The van der Waals surface area contributed by atoms with Crippen molar-refractivity contribution < 1.29 is 14.3 Å². The molecule has 2 aliphatic rings. The fraction of sp³-hybridized carbons (Fsp3) is 0.381. The Bertz CT molecular complexity index is 775. The predicted octanol–water partition coefficient (Wildman–Crippen LogP) is 2.95. The quantitative estimate of drug-likeness (QED) is 0.906. The van der Waals surface area contributed by atoms with Crippen molar-refractivity contribution in [2.75, 3.05) is 44.8 Å². The van der Waals surface area contributed by atoms with E-state index in [2.05, 4.69) is 22.3 Å². The van der Waals surface area contributed by atoms with Crippen molar-refractivity contribution in [3.63, 3.8) is 0 Å². The molecule has 2 amide bonds. The van der Waals surface area contributed by atoms with Crippen LogP contribution in [-0.2, 0) is 17.8 Å². The van der Waals surface area contributed by atoms with Gasteiger partial charge in [0.1, 0.15) is 12.4 Å². The van der Waals surface area contributed by atoms with E-state index in [1.165, 1.54) is 5.56 Å². The van der Waals surface area contributed by atoms with Crippen molar-refractivity contribution in [1.29, 1.82) is 0 Å². The van der Waals surface area contributed by atoms with Crippen molar-refractivity contribution in [1.82, 2.24) is 9.80 Å². The van der Waals surface area contributed by atoms with E-state index in [4.69, 9.17) is 9.47 Å². The number of amides is 2. The van der Waals surface area contributed by atoms with Crippen molar-refractivity contribution in [2.45, 2.75) is 13.1 Å². The van der Waals surface area contributed by atoms with Crippen LogP contribution in [0.5, 0.6) is 5.75 Å². The van der Waals surface area contributed by atoms with E-state index in [9.17, 15) is 4.79 Å². The summed E-state index contributed by atoms with van der Waals surface area (Å²) in [5.41, 5.74) is 3.10. The molecule has 0 radical (unpaired) electrons. The Kier molecular flexibility index (Phi) is 5.55. The summed E-state index contributed by atoms with van der Waals surface area (Å²) in [6.45, 7) is 6.00. The number of rotatable bonds is 3. The summed E-state index contributed by atoms with van der Waals surface area (Å²) in [7, 11) is 0. The Morgan fingerprint density at radius 2 is 1.81 bits per heavy atom. The third-order valence-corrected chi connectivity index (χ3v) is 4.93. The number of anilines is 1. The highest BCUT2D eigenvalue weighted by atomic mass is 16.5. The molecule has 0 saturated carbocycles. The number of fused-ring (bicyclic) bond motifs is 1. The van der Waals surface area contributed by atoms with Crippen molar-refractivity contribution in [2.24, 2.45) is 0 Å². The van der Waals surface area contributed by atoms with Crippen LogP contribution in [-0.4, -0.2) is 55.3 Å². The molecule has 0 aromatic heterocycles. The highest BCUT2D eigenvalue weighted by Gasteiger charge is 2.21. The molecule has 1 saturated heterocycles. The number of para-hydroxylation sites is 1. The van der Waals surface area contributed by atoms with E-state index in [0.717, 1.165) is 49.8 Å². The molecule has 1 fully saturated rings. The molecule has 2 heterocycles. The van der Waals surface area contributed by atoms with Crippen LogP contribution in [0.2, 0.25) is 0 Å². The average Bonchev–Trinajstić information content (AvgIpc) is 2.92. The van der Waals surface area contributed by atoms with Crippen LogP contribution >= 0.6 is 0 Å². The first-order valence-corrected chi connectivity index (χ1v) is 9.43. The van der Waals surface area contributed by atoms with Crippen molar-refractivity contribution >= 4 is 11.7 Å². The Hall–Kier alpha value is -2.57. The van der Waals surface area contributed by atoms with Gasteiger partial charge in [0.2, 0.25) is 0 Å². The molecule has 6 nitrogen and oxygen atoms in total. The minimum absolute atomic E-state index is 0.101. The third-order valence-electron chi connectivity index (χ3n) is 4.93. The van der Waals surface area contributed by atoms with Gasteiger partial charge in [-0.1, -0.05) is 24.3 Å². The summed E-state index contributed by atoms with van der Waals surface area (Å²) in [6, 6.07) is 15.7. The normalized spacial score (nSPS) is 17.6. The lowest BCUT2D eigenvalue weighted by Gasteiger charge is -2.27. The van der Waals surface area contributed by atoms with Gasteiger partial charge in [0.25, 0.3) is 0 Å². The summed E-state index contributed by atoms with van der Waals surface area (Å²) in [5.74, 6) is 0.871. The lowest BCUT2D eigenvalue weighted by atomic mass is 10.1. The van der Waals surface area contributed by atoms with Crippen LogP contribution in [0.3, 0.4) is 0 Å². The number of nitrogens with one attached hydrogen (secondary N) is 1. The molecule has 1 N–H and O–H groups in total. The standard InChI is InChI=1S/C21H25N3O3/c25-21(22-19-4-2-1-3-5-19)24-10-13-27-20-7-6-17(14-18(20)16-24)15-23-8-11-26-12-9-23/h1-7,14H,8-13,15-16H2,(H,22,25). The second-order valence-electron chi connectivity index (χ2n) is 6.90. The van der Waals surface area contributed by atoms with Gasteiger partial charge in [0.15, 0.2) is 0 Å². The minimum Gasteiger partial charge on any atom is -0.491 e. The topological polar surface area (TPSA) is 54.0 Å². The summed E-state index contributed by atoms with van der Waals surface area (Å²) >= 11 is 0. The smallest absolute Gasteiger partial charge is 0.322 e. The fourth-order valence-corrected chi connectivity index (χ4v) is 3.46. The molecular formula is C21H25N3O3. The highest BCUT2D eigenvalue weighted by molar-refractivity contribution is 5.89. The van der Waals surface area contributed by atoms with E-state index in [0.29, 0.717) is 19.7 Å². The van der Waals surface area contributed by atoms with E-state index in [1.807, 2.05) is 36.4 Å². The molecule has 6 heteroatoms. The lowest BCUT2D eigenvalue weighted by molar-refractivity contribution is 0.0342. The van der Waals surface area contributed by atoms with Crippen molar-refractivity contribution in [3.05, 3.63) is 59.7 Å². The van der Waals surface area contributed by atoms with Gasteiger partial charge in [-0.25, -0.2) is 4.79 Å². The van der Waals surface area contributed by atoms with E-state index in [-0.39, 0.29) is 6.03 Å². The molecular weight excluding hydrogens is 342 g/mol. The number of urea groups is 1. The van der Waals surface area contributed by atoms with Crippen molar-refractivity contribution in [3.8, 4) is 5.75 Å². The van der Waals surface area contributed by atoms with Gasteiger partial charge in [0, 0.05) is 30.9 Å². The molecule has 2 aliphatic heterocycles. The van der Waals surface area contributed by atoms with E-state index < -0.39 is 0 Å². The number of nitrogens with zero attached hydrogens (tertiary/aromatic N) is 2. The maximum Gasteiger partial charge on any atom is 0.322 e. The Balaban J connectivity index is 1.45. The third kappa shape index (κ3) is 4.59. The Morgan fingerprint density at radius 3 is 2.63 bits per heavy atom. The lowest BCUT2D eigenvalue weighted by Crippen LogP contribution is -2.36. The second kappa shape index (κ2) is 8.41. The van der Waals surface area contributed by atoms with Crippen LogP contribution in [0.15, 0.2) is 48.5 Å². The SMILES string of the molecule is O=C(Nc1ccccc1)N1CCOc2ccc(CN3CCOCC3)cc2C1. The summed E-state index contributed by atoms with van der Waals surface area (Å²) in [4.78, 5) is 16.9. The zero-order chi connectivity index (χ0) is 18.5. The van der Waals surface area contributed by atoms with E-state index in [1.54, 1.807) is 4.90 Å². The number of carbonyl (C=O) groups is 1. The molecule has 0 bridgehead atoms. The predicted molar refractivity (Wildman–Crippen MR) is 104 cm³/mol. The van der Waals surface area contributed by atoms with Crippen LogP contribution in [0.4, 0.5) is 10.5 Å². The van der Waals surface area contributed by atoms with Gasteiger partial charge >= 0.3 is 6.03 Å². The van der Waals surface area contributed by atoms with Crippen LogP contribution in [0.1, 0.15) is 11.1 Å². The molecule has 0 unspecified atom stereocenters. The molecule has 0 atom stereocenters. The number of carbonyl (C=O) groups excluding carboxylic acids is 1. The summed E-state index contributed by atoms with van der Waals surface area (Å²) in [5, 5.41) is 2.96. The molecule has 142 valence electrons. The summed E-state index contributed by atoms with van der Waals surface area (Å²) in [6.07, 6.45) is 0. The molecule has 0 spiro atoms. The van der Waals surface area contributed by atoms with Gasteiger partial charge in [0.05, 0.1) is 26.3 Å². The van der Waals surface area contributed by atoms with Gasteiger partial charge in [-0.3, -0.25) is 4.90 Å². The van der Waals surface area contributed by atoms with Gasteiger partial charge in [-0.15, -0.1) is 0 Å². The van der Waals surface area contributed by atoms with Crippen LogP contribution < -0.4 is 10.1 Å². The zero-order valence-electron chi connectivity index (χ0n) is 15.4. The number of hydrogen-bond donors (Lipinski definition) is 1. The van der Waals surface area contributed by atoms with Gasteiger partial charge in [-0.05, 0) is 29.8 Å². The molecule has 27 heavy (non-hydrogen) atoms. The van der Waals surface area contributed by atoms with Gasteiger partial charge in [-0.2, -0.15) is 0 Å². The summed E-state index contributed by atoms with van der Waals surface area (Å²) < 4.78 is 11.3. The number of ether oxygens (including phenoxy) is 2. The first-order chi connectivity index (χ1) is 13.3. The molecule has 2 aromatic rings. The molecule has 0 aliphatic carbocycles. The maximum atomic E-state index is 12.7. The van der Waals surface area contributed by atoms with Crippen LogP contribution in [0, 0.1) is 0 Å². The maximum absolute atomic E-state index is 12.7. The fourth-order valence-electron chi connectivity index (χ4n) is 3.46. The first-order valence-electron chi connectivity index (χ1n) is 9.43. The average molecular weight is 367 g/mol. The number of benzene rings is 2. The van der Waals surface area contributed by atoms with E-state index >= 15 is 0 Å². The molecule has 4 rings (SSSR count). The Labute approximate surface area is 159 Å². The Morgan fingerprint density at radius 1 is 1.00 bits per heavy atom. The van der Waals surface area contributed by atoms with Crippen LogP contribution in [0.25, 0.3) is 0 Å². The first kappa shape index (κ1) is 17.8. The highest BCUT2D eigenvalue weighted by Crippen LogP contribution is 2.25. The minimum atomic E-state index is -0.101. The molecule has 2 aromatic carbocycles. The zero-order valence-corrected chi connectivity index (χ0v) is 15.4. The number of morpholine rings is 1. The second-order valence-corrected chi connectivity index (χ2v) is 6.90.